The van der Waals surface area contributed by atoms with Crippen LogP contribution in [-0.4, -0.2) is 4.98 Å². The zero-order valence-electron chi connectivity index (χ0n) is 10.1. The van der Waals surface area contributed by atoms with Crippen molar-refractivity contribution >= 4 is 21.6 Å². The average molecular weight is 233 g/mol. The SMILES string of the molecule is CCC(C)CCCc1nc2ccccc2s1. The summed E-state index contributed by atoms with van der Waals surface area (Å²) in [6, 6.07) is 8.41. The van der Waals surface area contributed by atoms with Gasteiger partial charge in [0.15, 0.2) is 0 Å². The number of benzene rings is 1. The van der Waals surface area contributed by atoms with Crippen molar-refractivity contribution in [2.24, 2.45) is 5.92 Å². The van der Waals surface area contributed by atoms with Gasteiger partial charge in [-0.1, -0.05) is 38.8 Å². The van der Waals surface area contributed by atoms with Crippen LogP contribution in [0.4, 0.5) is 0 Å². The lowest BCUT2D eigenvalue weighted by atomic mass is 10.0. The van der Waals surface area contributed by atoms with E-state index in [2.05, 4.69) is 43.1 Å². The summed E-state index contributed by atoms with van der Waals surface area (Å²) in [6.45, 7) is 4.60. The van der Waals surface area contributed by atoms with E-state index in [-0.39, 0.29) is 0 Å². The van der Waals surface area contributed by atoms with Gasteiger partial charge in [0.2, 0.25) is 0 Å². The summed E-state index contributed by atoms with van der Waals surface area (Å²) >= 11 is 1.85. The molecule has 1 heterocycles. The summed E-state index contributed by atoms with van der Waals surface area (Å²) in [5, 5.41) is 1.30. The van der Waals surface area contributed by atoms with Gasteiger partial charge in [0, 0.05) is 0 Å². The average Bonchev–Trinajstić information content (AvgIpc) is 2.71. The number of thiazole rings is 1. The highest BCUT2D eigenvalue weighted by atomic mass is 32.1. The lowest BCUT2D eigenvalue weighted by Crippen LogP contribution is -1.93. The van der Waals surface area contributed by atoms with Crippen LogP contribution in [0.3, 0.4) is 0 Å². The zero-order chi connectivity index (χ0) is 11.4. The van der Waals surface area contributed by atoms with Gasteiger partial charge < -0.3 is 0 Å². The molecule has 0 fully saturated rings. The molecule has 2 aromatic rings. The molecular weight excluding hydrogens is 214 g/mol. The minimum Gasteiger partial charge on any atom is -0.241 e. The molecule has 1 atom stereocenters. The topological polar surface area (TPSA) is 12.9 Å². The molecule has 1 aromatic heterocycles. The Kier molecular flexibility index (Phi) is 3.94. The maximum atomic E-state index is 4.65. The van der Waals surface area contributed by atoms with Crippen LogP contribution >= 0.6 is 11.3 Å². The summed E-state index contributed by atoms with van der Waals surface area (Å²) in [6.07, 6.45) is 5.03. The smallest absolute Gasteiger partial charge is 0.0938 e. The van der Waals surface area contributed by atoms with Gasteiger partial charge in [-0.05, 0) is 30.9 Å². The Labute approximate surface area is 102 Å². The number of para-hydroxylation sites is 1. The highest BCUT2D eigenvalue weighted by molar-refractivity contribution is 7.18. The minimum absolute atomic E-state index is 0.856. The number of rotatable bonds is 5. The first kappa shape index (κ1) is 11.6. The van der Waals surface area contributed by atoms with Crippen molar-refractivity contribution in [3.8, 4) is 0 Å². The van der Waals surface area contributed by atoms with Crippen molar-refractivity contribution in [1.82, 2.24) is 4.98 Å². The fraction of sp³-hybridized carbons (Fsp3) is 0.500. The summed E-state index contributed by atoms with van der Waals surface area (Å²) in [5.74, 6) is 0.856. The van der Waals surface area contributed by atoms with Crippen molar-refractivity contribution in [1.29, 1.82) is 0 Å². The van der Waals surface area contributed by atoms with Crippen molar-refractivity contribution in [2.75, 3.05) is 0 Å². The van der Waals surface area contributed by atoms with Crippen LogP contribution in [0.2, 0.25) is 0 Å². The van der Waals surface area contributed by atoms with Gasteiger partial charge >= 0.3 is 0 Å². The van der Waals surface area contributed by atoms with Gasteiger partial charge in [-0.25, -0.2) is 4.98 Å². The molecule has 0 aliphatic rings. The Morgan fingerprint density at radius 2 is 2.12 bits per heavy atom. The van der Waals surface area contributed by atoms with Gasteiger partial charge in [0.1, 0.15) is 0 Å². The Balaban J connectivity index is 1.94. The molecule has 1 unspecified atom stereocenters. The van der Waals surface area contributed by atoms with Crippen LogP contribution < -0.4 is 0 Å². The molecule has 0 radical (unpaired) electrons. The molecule has 16 heavy (non-hydrogen) atoms. The molecule has 0 amide bonds. The molecule has 0 spiro atoms. The predicted molar refractivity (Wildman–Crippen MR) is 72.0 cm³/mol. The fourth-order valence-electron chi connectivity index (χ4n) is 1.83. The third-order valence-corrected chi connectivity index (χ3v) is 4.22. The maximum Gasteiger partial charge on any atom is 0.0938 e. The summed E-state index contributed by atoms with van der Waals surface area (Å²) in [7, 11) is 0. The van der Waals surface area contributed by atoms with Crippen molar-refractivity contribution in [2.45, 2.75) is 39.5 Å². The molecule has 0 aliphatic heterocycles. The van der Waals surface area contributed by atoms with E-state index >= 15 is 0 Å². The number of fused-ring (bicyclic) bond motifs is 1. The normalized spacial score (nSPS) is 13.1. The summed E-state index contributed by atoms with van der Waals surface area (Å²) < 4.78 is 1.32. The number of nitrogens with zero attached hydrogens (tertiary/aromatic N) is 1. The summed E-state index contributed by atoms with van der Waals surface area (Å²) in [4.78, 5) is 4.65. The van der Waals surface area contributed by atoms with E-state index < -0.39 is 0 Å². The molecular formula is C14H19NS. The van der Waals surface area contributed by atoms with Crippen LogP contribution in [0.15, 0.2) is 24.3 Å². The van der Waals surface area contributed by atoms with Crippen LogP contribution in [0.5, 0.6) is 0 Å². The molecule has 1 nitrogen and oxygen atoms in total. The Morgan fingerprint density at radius 1 is 1.31 bits per heavy atom. The van der Waals surface area contributed by atoms with E-state index in [9.17, 15) is 0 Å². The van der Waals surface area contributed by atoms with Crippen LogP contribution in [-0.2, 0) is 6.42 Å². The monoisotopic (exact) mass is 233 g/mol. The highest BCUT2D eigenvalue weighted by Crippen LogP contribution is 2.23. The fourth-order valence-corrected chi connectivity index (χ4v) is 2.84. The van der Waals surface area contributed by atoms with Crippen LogP contribution in [0.25, 0.3) is 10.2 Å². The predicted octanol–water partition coefficient (Wildman–Crippen LogP) is 4.67. The number of hydrogen-bond donors (Lipinski definition) is 0. The van der Waals surface area contributed by atoms with Crippen LogP contribution in [0, 0.1) is 5.92 Å². The first-order valence-electron chi connectivity index (χ1n) is 6.14. The van der Waals surface area contributed by atoms with Gasteiger partial charge in [0.05, 0.1) is 15.2 Å². The zero-order valence-corrected chi connectivity index (χ0v) is 10.9. The second-order valence-corrected chi connectivity index (χ2v) is 5.60. The van der Waals surface area contributed by atoms with Crippen molar-refractivity contribution in [3.63, 3.8) is 0 Å². The van der Waals surface area contributed by atoms with Gasteiger partial charge in [-0.15, -0.1) is 11.3 Å². The lowest BCUT2D eigenvalue weighted by Gasteiger charge is -2.05. The maximum absolute atomic E-state index is 4.65. The molecule has 0 saturated heterocycles. The summed E-state index contributed by atoms with van der Waals surface area (Å²) in [5.41, 5.74) is 1.16. The standard InChI is InChI=1S/C14H19NS/c1-3-11(2)7-6-10-14-15-12-8-4-5-9-13(12)16-14/h4-5,8-9,11H,3,6-7,10H2,1-2H3. The Morgan fingerprint density at radius 3 is 2.88 bits per heavy atom. The molecule has 2 heteroatoms. The van der Waals surface area contributed by atoms with E-state index in [4.69, 9.17) is 0 Å². The third kappa shape index (κ3) is 2.82. The second-order valence-electron chi connectivity index (χ2n) is 4.48. The molecule has 0 saturated carbocycles. The van der Waals surface area contributed by atoms with Crippen LogP contribution in [0.1, 0.15) is 38.1 Å². The van der Waals surface area contributed by atoms with E-state index in [0.717, 1.165) is 17.9 Å². The second kappa shape index (κ2) is 5.44. The van der Waals surface area contributed by atoms with E-state index in [0.29, 0.717) is 0 Å². The number of aryl methyl sites for hydroxylation is 1. The largest absolute Gasteiger partial charge is 0.241 e. The lowest BCUT2D eigenvalue weighted by molar-refractivity contribution is 0.495. The Hall–Kier alpha value is -0.890. The van der Waals surface area contributed by atoms with E-state index in [1.807, 2.05) is 11.3 Å². The van der Waals surface area contributed by atoms with Crippen molar-refractivity contribution < 1.29 is 0 Å². The number of aromatic nitrogens is 1. The Bertz CT molecular complexity index is 414. The van der Waals surface area contributed by atoms with E-state index in [1.165, 1.54) is 29.0 Å². The molecule has 0 N–H and O–H groups in total. The third-order valence-electron chi connectivity index (χ3n) is 3.12. The minimum atomic E-state index is 0.856. The first-order chi connectivity index (χ1) is 7.79. The van der Waals surface area contributed by atoms with Gasteiger partial charge in [0.25, 0.3) is 0 Å². The molecule has 2 rings (SSSR count). The molecule has 0 aliphatic carbocycles. The van der Waals surface area contributed by atoms with Gasteiger partial charge in [-0.2, -0.15) is 0 Å². The van der Waals surface area contributed by atoms with Gasteiger partial charge in [-0.3, -0.25) is 0 Å². The highest BCUT2D eigenvalue weighted by Gasteiger charge is 2.04. The molecule has 0 bridgehead atoms. The first-order valence-corrected chi connectivity index (χ1v) is 6.95. The van der Waals surface area contributed by atoms with Crippen molar-refractivity contribution in [3.05, 3.63) is 29.3 Å². The molecule has 86 valence electrons. The molecule has 1 aromatic carbocycles. The number of hydrogen-bond acceptors (Lipinski definition) is 2. The van der Waals surface area contributed by atoms with E-state index in [1.54, 1.807) is 0 Å². The quantitative estimate of drug-likeness (QED) is 0.731.